The van der Waals surface area contributed by atoms with Crippen molar-refractivity contribution in [2.24, 2.45) is 0 Å². The first-order valence-electron chi connectivity index (χ1n) is 13.7. The van der Waals surface area contributed by atoms with Crippen molar-refractivity contribution in [3.8, 4) is 23.0 Å². The van der Waals surface area contributed by atoms with Gasteiger partial charge in [-0.2, -0.15) is 0 Å². The quantitative estimate of drug-likeness (QED) is 0.335. The molecule has 7 nitrogen and oxygen atoms in total. The average Bonchev–Trinajstić information content (AvgIpc) is 2.99. The zero-order valence-corrected chi connectivity index (χ0v) is 24.0. The molecule has 0 N–H and O–H groups in total. The molecule has 0 saturated carbocycles. The smallest absolute Gasteiger partial charge is 0.184 e. The van der Waals surface area contributed by atoms with E-state index in [1.165, 1.54) is 34.4 Å². The second-order valence-corrected chi connectivity index (χ2v) is 11.2. The van der Waals surface area contributed by atoms with Crippen LogP contribution in [0.5, 0.6) is 23.0 Å². The zero-order valence-electron chi connectivity index (χ0n) is 23.2. The Kier molecular flexibility index (Phi) is 8.07. The monoisotopic (exact) mass is 566 g/mol. The Bertz CT molecular complexity index is 1380. The maximum Gasteiger partial charge on any atom is 0.184 e. The third-order valence-electron chi connectivity index (χ3n) is 8.16. The summed E-state index contributed by atoms with van der Waals surface area (Å²) in [6.07, 6.45) is 1.78. The summed E-state index contributed by atoms with van der Waals surface area (Å²) in [5.41, 5.74) is 6.30. The van der Waals surface area contributed by atoms with Crippen molar-refractivity contribution in [1.29, 1.82) is 0 Å². The molecule has 0 bridgehead atoms. The van der Waals surface area contributed by atoms with Crippen LogP contribution in [0.4, 0.5) is 4.39 Å². The van der Waals surface area contributed by atoms with Crippen LogP contribution in [-0.2, 0) is 30.7 Å². The summed E-state index contributed by atoms with van der Waals surface area (Å²) in [7, 11) is 5.06. The standard InChI is InChI=1S/C31H35FN2O5S/c1-35-28-13-20-7-8-34-19-26-24(16-27(34)25(20)17-29(28)36-2)21(18-33-9-11-38-12-10-33)14-30(37-3)31(26)39-40-23-6-4-5-22(32)15-23/h4-6,13-15,17,27H,7-12,16,18-19H2,1-3H3. The molecule has 0 aromatic heterocycles. The lowest BCUT2D eigenvalue weighted by Crippen LogP contribution is -2.40. The predicted molar refractivity (Wildman–Crippen MR) is 152 cm³/mol. The third-order valence-corrected chi connectivity index (χ3v) is 8.86. The molecule has 0 amide bonds. The van der Waals surface area contributed by atoms with E-state index in [-0.39, 0.29) is 11.9 Å². The van der Waals surface area contributed by atoms with Gasteiger partial charge in [0.1, 0.15) is 5.82 Å². The van der Waals surface area contributed by atoms with Crippen molar-refractivity contribution in [2.45, 2.75) is 36.9 Å². The van der Waals surface area contributed by atoms with Gasteiger partial charge in [-0.1, -0.05) is 6.07 Å². The van der Waals surface area contributed by atoms with Gasteiger partial charge in [-0.05, 0) is 71.5 Å². The number of methoxy groups -OCH3 is 3. The number of morpholine rings is 1. The number of halogens is 1. The van der Waals surface area contributed by atoms with Gasteiger partial charge in [0, 0.05) is 44.3 Å². The Labute approximate surface area is 239 Å². The number of ether oxygens (including phenoxy) is 4. The minimum atomic E-state index is -0.287. The fourth-order valence-electron chi connectivity index (χ4n) is 6.11. The van der Waals surface area contributed by atoms with Crippen molar-refractivity contribution in [2.75, 3.05) is 54.2 Å². The van der Waals surface area contributed by atoms with E-state index in [2.05, 4.69) is 28.0 Å². The molecule has 3 heterocycles. The highest BCUT2D eigenvalue weighted by atomic mass is 32.2. The van der Waals surface area contributed by atoms with Crippen molar-refractivity contribution in [1.82, 2.24) is 9.80 Å². The van der Waals surface area contributed by atoms with E-state index in [1.807, 2.05) is 6.07 Å². The summed E-state index contributed by atoms with van der Waals surface area (Å²) in [4.78, 5) is 5.67. The largest absolute Gasteiger partial charge is 0.493 e. The van der Waals surface area contributed by atoms with Crippen molar-refractivity contribution in [3.05, 3.63) is 76.1 Å². The number of hydrogen-bond acceptors (Lipinski definition) is 8. The average molecular weight is 567 g/mol. The Morgan fingerprint density at radius 3 is 2.45 bits per heavy atom. The van der Waals surface area contributed by atoms with Gasteiger partial charge in [0.15, 0.2) is 23.0 Å². The zero-order chi connectivity index (χ0) is 27.6. The van der Waals surface area contributed by atoms with Gasteiger partial charge >= 0.3 is 0 Å². The van der Waals surface area contributed by atoms with Gasteiger partial charge in [-0.25, -0.2) is 4.39 Å². The highest BCUT2D eigenvalue weighted by molar-refractivity contribution is 7.95. The first-order chi connectivity index (χ1) is 19.6. The van der Waals surface area contributed by atoms with Gasteiger partial charge in [-0.15, -0.1) is 0 Å². The van der Waals surface area contributed by atoms with Gasteiger partial charge in [0.2, 0.25) is 0 Å². The first kappa shape index (κ1) is 27.2. The fraction of sp³-hybridized carbons (Fsp3) is 0.419. The second kappa shape index (κ2) is 11.9. The van der Waals surface area contributed by atoms with E-state index in [0.29, 0.717) is 16.4 Å². The topological polar surface area (TPSA) is 52.6 Å². The molecule has 1 saturated heterocycles. The fourth-order valence-corrected chi connectivity index (χ4v) is 6.77. The molecule has 212 valence electrons. The summed E-state index contributed by atoms with van der Waals surface area (Å²) < 4.78 is 43.0. The maximum absolute atomic E-state index is 13.9. The molecule has 0 aliphatic carbocycles. The van der Waals surface area contributed by atoms with Crippen LogP contribution < -0.4 is 18.4 Å². The molecule has 40 heavy (non-hydrogen) atoms. The van der Waals surface area contributed by atoms with Gasteiger partial charge < -0.3 is 23.1 Å². The van der Waals surface area contributed by atoms with Crippen LogP contribution in [0.15, 0.2) is 47.4 Å². The molecule has 9 heteroatoms. The minimum Gasteiger partial charge on any atom is -0.493 e. The number of fused-ring (bicyclic) bond motifs is 4. The van der Waals surface area contributed by atoms with Crippen LogP contribution in [0, 0.1) is 5.82 Å². The van der Waals surface area contributed by atoms with Crippen LogP contribution in [0.1, 0.15) is 33.9 Å². The molecule has 6 rings (SSSR count). The molecule has 3 aromatic rings. The third kappa shape index (κ3) is 5.35. The van der Waals surface area contributed by atoms with Crippen molar-refractivity contribution < 1.29 is 27.5 Å². The summed E-state index contributed by atoms with van der Waals surface area (Å²) >= 11 is 1.16. The van der Waals surface area contributed by atoms with Crippen LogP contribution in [-0.4, -0.2) is 64.0 Å². The van der Waals surface area contributed by atoms with Crippen molar-refractivity contribution in [3.63, 3.8) is 0 Å². The van der Waals surface area contributed by atoms with Crippen LogP contribution >= 0.6 is 12.0 Å². The SMILES string of the molecule is COc1cc2c(cc1OC)C1Cc3c(CN4CCOCC4)cc(OC)c(OSc4cccc(F)c4)c3CN1CC2. The summed E-state index contributed by atoms with van der Waals surface area (Å²) in [5.74, 6) is 2.66. The lowest BCUT2D eigenvalue weighted by molar-refractivity contribution is 0.0338. The van der Waals surface area contributed by atoms with E-state index in [4.69, 9.17) is 23.1 Å². The van der Waals surface area contributed by atoms with E-state index in [1.54, 1.807) is 27.4 Å². The first-order valence-corrected chi connectivity index (χ1v) is 14.4. The van der Waals surface area contributed by atoms with E-state index < -0.39 is 0 Å². The number of nitrogens with zero attached hydrogens (tertiary/aromatic N) is 2. The predicted octanol–water partition coefficient (Wildman–Crippen LogP) is 5.43. The van der Waals surface area contributed by atoms with E-state index in [0.717, 1.165) is 87.9 Å². The summed E-state index contributed by atoms with van der Waals surface area (Å²) in [6.45, 7) is 5.79. The maximum atomic E-state index is 13.9. The number of hydrogen-bond donors (Lipinski definition) is 0. The highest BCUT2D eigenvalue weighted by Crippen LogP contribution is 2.48. The molecule has 1 atom stereocenters. The molecule has 3 aromatic carbocycles. The molecule has 0 radical (unpaired) electrons. The molecule has 1 fully saturated rings. The normalized spacial score (nSPS) is 18.9. The molecule has 3 aliphatic rings. The second-order valence-electron chi connectivity index (χ2n) is 10.4. The lowest BCUT2D eigenvalue weighted by atomic mass is 9.81. The summed E-state index contributed by atoms with van der Waals surface area (Å²) in [5, 5.41) is 0. The molecular weight excluding hydrogens is 531 g/mol. The molecule has 1 unspecified atom stereocenters. The molecular formula is C31H35FN2O5S. The molecule has 3 aliphatic heterocycles. The Morgan fingerprint density at radius 2 is 1.70 bits per heavy atom. The van der Waals surface area contributed by atoms with Crippen LogP contribution in [0.3, 0.4) is 0 Å². The van der Waals surface area contributed by atoms with Crippen LogP contribution in [0.2, 0.25) is 0 Å². The van der Waals surface area contributed by atoms with Crippen LogP contribution in [0.25, 0.3) is 0 Å². The van der Waals surface area contributed by atoms with Gasteiger partial charge in [0.05, 0.1) is 51.5 Å². The van der Waals surface area contributed by atoms with E-state index in [9.17, 15) is 4.39 Å². The molecule has 0 spiro atoms. The lowest BCUT2D eigenvalue weighted by Gasteiger charge is -2.43. The number of rotatable bonds is 8. The minimum absolute atomic E-state index is 0.219. The highest BCUT2D eigenvalue weighted by Gasteiger charge is 2.37. The van der Waals surface area contributed by atoms with Gasteiger partial charge in [0.25, 0.3) is 0 Å². The Morgan fingerprint density at radius 1 is 0.925 bits per heavy atom. The van der Waals surface area contributed by atoms with Gasteiger partial charge in [-0.3, -0.25) is 9.80 Å². The summed E-state index contributed by atoms with van der Waals surface area (Å²) in [6, 6.07) is 13.1. The number of benzene rings is 3. The van der Waals surface area contributed by atoms with E-state index >= 15 is 0 Å². The van der Waals surface area contributed by atoms with Crippen molar-refractivity contribution >= 4 is 12.0 Å². The Hall–Kier alpha value is -2.98. The Balaban J connectivity index is 1.40.